The maximum Gasteiger partial charge on any atom is 0.237 e. The lowest BCUT2D eigenvalue weighted by atomic mass is 10.2. The van der Waals surface area contributed by atoms with Crippen molar-refractivity contribution < 1.29 is 9.26 Å². The molecule has 3 rings (SSSR count). The van der Waals surface area contributed by atoms with Gasteiger partial charge in [0.05, 0.1) is 17.6 Å². The van der Waals surface area contributed by atoms with Gasteiger partial charge in [0.25, 0.3) is 0 Å². The van der Waals surface area contributed by atoms with Crippen molar-refractivity contribution in [2.75, 3.05) is 6.61 Å². The normalized spacial score (nSPS) is 12.5. The Bertz CT molecular complexity index is 785. The molecule has 0 saturated heterocycles. The Morgan fingerprint density at radius 2 is 2.08 bits per heavy atom. The maximum absolute atomic E-state index is 5.47. The lowest BCUT2D eigenvalue weighted by Gasteiger charge is -2.05. The van der Waals surface area contributed by atoms with Crippen molar-refractivity contribution in [1.29, 1.82) is 0 Å². The van der Waals surface area contributed by atoms with Crippen LogP contribution in [0, 0.1) is 0 Å². The zero-order chi connectivity index (χ0) is 16.9. The highest BCUT2D eigenvalue weighted by molar-refractivity contribution is 7.98. The minimum atomic E-state index is -0.157. The zero-order valence-corrected chi connectivity index (χ0v) is 14.8. The van der Waals surface area contributed by atoms with Gasteiger partial charge in [-0.3, -0.25) is 0 Å². The molecule has 24 heavy (non-hydrogen) atoms. The monoisotopic (exact) mass is 344 g/mol. The van der Waals surface area contributed by atoms with Crippen molar-refractivity contribution in [2.45, 2.75) is 30.9 Å². The van der Waals surface area contributed by atoms with Gasteiger partial charge in [-0.15, -0.1) is 0 Å². The number of imidazole rings is 1. The number of ether oxygens (including phenoxy) is 1. The molecule has 3 aromatic rings. The Morgan fingerprint density at radius 1 is 1.29 bits per heavy atom. The predicted molar refractivity (Wildman–Crippen MR) is 92.5 cm³/mol. The Labute approximate surface area is 145 Å². The summed E-state index contributed by atoms with van der Waals surface area (Å²) in [4.78, 5) is 8.87. The molecule has 2 aromatic heterocycles. The van der Waals surface area contributed by atoms with Gasteiger partial charge in [0, 0.05) is 13.7 Å². The van der Waals surface area contributed by atoms with E-state index in [9.17, 15) is 0 Å². The van der Waals surface area contributed by atoms with E-state index >= 15 is 0 Å². The Hall–Kier alpha value is -2.12. The highest BCUT2D eigenvalue weighted by Crippen LogP contribution is 2.26. The maximum atomic E-state index is 5.47. The van der Waals surface area contributed by atoms with Gasteiger partial charge in [-0.2, -0.15) is 4.98 Å². The van der Waals surface area contributed by atoms with Crippen LogP contribution in [-0.4, -0.2) is 26.3 Å². The topological polar surface area (TPSA) is 66.0 Å². The van der Waals surface area contributed by atoms with Gasteiger partial charge in [-0.25, -0.2) is 4.98 Å². The number of thioether (sulfide) groups is 1. The number of hydrogen-bond acceptors (Lipinski definition) is 6. The first kappa shape index (κ1) is 16.7. The molecule has 1 aromatic carbocycles. The molecule has 126 valence electrons. The van der Waals surface area contributed by atoms with Gasteiger partial charge in [-0.1, -0.05) is 47.3 Å². The highest BCUT2D eigenvalue weighted by Gasteiger charge is 2.15. The summed E-state index contributed by atoms with van der Waals surface area (Å²) in [5.41, 5.74) is 2.22. The van der Waals surface area contributed by atoms with Crippen LogP contribution in [0.1, 0.15) is 31.7 Å². The number of aromatic nitrogens is 4. The van der Waals surface area contributed by atoms with E-state index in [1.807, 2.05) is 45.3 Å². The molecule has 0 bridgehead atoms. The van der Waals surface area contributed by atoms with Crippen molar-refractivity contribution in [3.05, 3.63) is 48.2 Å². The summed E-state index contributed by atoms with van der Waals surface area (Å²) in [6, 6.07) is 10.2. The lowest BCUT2D eigenvalue weighted by Crippen LogP contribution is -2.01. The van der Waals surface area contributed by atoms with E-state index in [4.69, 9.17) is 9.26 Å². The zero-order valence-electron chi connectivity index (χ0n) is 14.0. The molecule has 0 unspecified atom stereocenters. The van der Waals surface area contributed by atoms with E-state index in [1.54, 1.807) is 11.8 Å². The van der Waals surface area contributed by atoms with E-state index in [0.717, 1.165) is 16.4 Å². The second-order valence-corrected chi connectivity index (χ2v) is 6.23. The highest BCUT2D eigenvalue weighted by atomic mass is 32.2. The van der Waals surface area contributed by atoms with Crippen molar-refractivity contribution >= 4 is 11.8 Å². The van der Waals surface area contributed by atoms with Crippen LogP contribution < -0.4 is 0 Å². The van der Waals surface area contributed by atoms with Crippen LogP contribution in [0.15, 0.2) is 46.2 Å². The van der Waals surface area contributed by atoms with Crippen LogP contribution >= 0.6 is 11.8 Å². The summed E-state index contributed by atoms with van der Waals surface area (Å²) in [6.45, 7) is 4.48. The molecule has 0 radical (unpaired) electrons. The van der Waals surface area contributed by atoms with Crippen molar-refractivity contribution in [2.24, 2.45) is 7.05 Å². The third-order valence-corrected chi connectivity index (χ3v) is 4.63. The molecule has 2 heterocycles. The second-order valence-electron chi connectivity index (χ2n) is 5.28. The van der Waals surface area contributed by atoms with Crippen LogP contribution in [0.4, 0.5) is 0 Å². The molecule has 0 fully saturated rings. The molecule has 1 atom stereocenters. The minimum absolute atomic E-state index is 0.157. The summed E-state index contributed by atoms with van der Waals surface area (Å²) in [6.07, 6.45) is 1.73. The average Bonchev–Trinajstić information content (AvgIpc) is 3.21. The van der Waals surface area contributed by atoms with Crippen LogP contribution in [0.5, 0.6) is 0 Å². The van der Waals surface area contributed by atoms with E-state index in [1.165, 1.54) is 0 Å². The molecule has 0 aliphatic rings. The molecule has 0 aliphatic heterocycles. The third kappa shape index (κ3) is 3.68. The summed E-state index contributed by atoms with van der Waals surface area (Å²) in [7, 11) is 2.01. The first-order valence-electron chi connectivity index (χ1n) is 7.83. The number of hydrogen-bond donors (Lipinski definition) is 0. The quantitative estimate of drug-likeness (QED) is 0.606. The van der Waals surface area contributed by atoms with Crippen molar-refractivity contribution in [3.8, 4) is 11.3 Å². The van der Waals surface area contributed by atoms with Gasteiger partial charge >= 0.3 is 0 Å². The Balaban J connectivity index is 1.67. The van der Waals surface area contributed by atoms with Crippen molar-refractivity contribution in [1.82, 2.24) is 19.7 Å². The standard InChI is InChI=1S/C17H20N4O2S/c1-4-22-12(2)16-19-15(23-20-16)11-24-17-18-10-14(21(17)3)13-8-6-5-7-9-13/h5-10,12H,4,11H2,1-3H3/t12-/m1/s1. The summed E-state index contributed by atoms with van der Waals surface area (Å²) in [5.74, 6) is 1.73. The molecule has 7 heteroatoms. The third-order valence-electron chi connectivity index (χ3n) is 3.60. The fraction of sp³-hybridized carbons (Fsp3) is 0.353. The molecular formula is C17H20N4O2S. The number of nitrogens with zero attached hydrogens (tertiary/aromatic N) is 4. The summed E-state index contributed by atoms with van der Waals surface area (Å²) < 4.78 is 12.8. The van der Waals surface area contributed by atoms with Gasteiger partial charge < -0.3 is 13.8 Å². The van der Waals surface area contributed by atoms with Crippen LogP contribution in [-0.2, 0) is 17.5 Å². The van der Waals surface area contributed by atoms with E-state index < -0.39 is 0 Å². The van der Waals surface area contributed by atoms with E-state index in [-0.39, 0.29) is 6.10 Å². The molecule has 0 N–H and O–H groups in total. The largest absolute Gasteiger partial charge is 0.371 e. The minimum Gasteiger partial charge on any atom is -0.371 e. The van der Waals surface area contributed by atoms with Gasteiger partial charge in [0.15, 0.2) is 11.0 Å². The van der Waals surface area contributed by atoms with Crippen LogP contribution in [0.25, 0.3) is 11.3 Å². The van der Waals surface area contributed by atoms with E-state index in [2.05, 4.69) is 31.8 Å². The number of benzene rings is 1. The lowest BCUT2D eigenvalue weighted by molar-refractivity contribution is 0.0683. The SMILES string of the molecule is CCO[C@H](C)c1noc(CSc2ncc(-c3ccccc3)n2C)n1. The molecule has 0 amide bonds. The average molecular weight is 344 g/mol. The van der Waals surface area contributed by atoms with E-state index in [0.29, 0.717) is 24.1 Å². The summed E-state index contributed by atoms with van der Waals surface area (Å²) >= 11 is 1.57. The molecule has 6 nitrogen and oxygen atoms in total. The summed E-state index contributed by atoms with van der Waals surface area (Å²) in [5, 5.41) is 4.88. The van der Waals surface area contributed by atoms with Crippen LogP contribution in [0.2, 0.25) is 0 Å². The smallest absolute Gasteiger partial charge is 0.237 e. The number of rotatable bonds is 7. The molecule has 0 spiro atoms. The first-order valence-corrected chi connectivity index (χ1v) is 8.81. The molecule has 0 aliphatic carbocycles. The fourth-order valence-corrected chi connectivity index (χ4v) is 3.14. The van der Waals surface area contributed by atoms with Crippen LogP contribution in [0.3, 0.4) is 0 Å². The Kier molecular flexibility index (Phi) is 5.32. The van der Waals surface area contributed by atoms with Crippen molar-refractivity contribution in [3.63, 3.8) is 0 Å². The second kappa shape index (κ2) is 7.63. The molecule has 0 saturated carbocycles. The Morgan fingerprint density at radius 3 is 2.83 bits per heavy atom. The molecular weight excluding hydrogens is 324 g/mol. The fourth-order valence-electron chi connectivity index (χ4n) is 2.35. The van der Waals surface area contributed by atoms with Gasteiger partial charge in [0.2, 0.25) is 5.89 Å². The van der Waals surface area contributed by atoms with Gasteiger partial charge in [0.1, 0.15) is 6.10 Å². The first-order chi connectivity index (χ1) is 11.7. The van der Waals surface area contributed by atoms with Gasteiger partial charge in [-0.05, 0) is 19.4 Å². The predicted octanol–water partition coefficient (Wildman–Crippen LogP) is 3.86.